The van der Waals surface area contributed by atoms with Crippen LogP contribution >= 0.6 is 0 Å². The molecule has 1 atom stereocenters. The lowest BCUT2D eigenvalue weighted by Gasteiger charge is -2.30. The van der Waals surface area contributed by atoms with E-state index in [2.05, 4.69) is 40.2 Å². The lowest BCUT2D eigenvalue weighted by atomic mass is 9.92. The number of aromatic nitrogens is 1. The first kappa shape index (κ1) is 23.9. The molecule has 1 amide bonds. The van der Waals surface area contributed by atoms with Crippen LogP contribution in [-0.2, 0) is 4.74 Å². The molecule has 1 aliphatic heterocycles. The van der Waals surface area contributed by atoms with Crippen LogP contribution in [-0.4, -0.2) is 47.7 Å². The van der Waals surface area contributed by atoms with E-state index < -0.39 is 0 Å². The first-order chi connectivity index (χ1) is 18.0. The highest BCUT2D eigenvalue weighted by atomic mass is 16.6. The number of nitrogens with one attached hydrogen (secondary N) is 1. The van der Waals surface area contributed by atoms with Crippen molar-refractivity contribution < 1.29 is 14.3 Å². The summed E-state index contributed by atoms with van der Waals surface area (Å²) in [5, 5.41) is 11.1. The molecule has 0 radical (unpaired) electrons. The number of ether oxygens (including phenoxy) is 2. The van der Waals surface area contributed by atoms with Gasteiger partial charge >= 0.3 is 6.09 Å². The summed E-state index contributed by atoms with van der Waals surface area (Å²) in [4.78, 5) is 12.4. The quantitative estimate of drug-likeness (QED) is 0.369. The molecule has 0 spiro atoms. The largest absolute Gasteiger partial charge is 0.494 e. The third kappa shape index (κ3) is 4.67. The van der Waals surface area contributed by atoms with Gasteiger partial charge in [0.1, 0.15) is 11.9 Å². The lowest BCUT2D eigenvalue weighted by Crippen LogP contribution is -2.21. The third-order valence-corrected chi connectivity index (χ3v) is 7.96. The monoisotopic (exact) mass is 500 g/mol. The van der Waals surface area contributed by atoms with E-state index in [1.807, 2.05) is 38.0 Å². The Balaban J connectivity index is 1.41. The van der Waals surface area contributed by atoms with E-state index in [0.717, 1.165) is 48.5 Å². The fraction of sp³-hybridized carbons (Fsp3) is 0.467. The van der Waals surface area contributed by atoms with Crippen molar-refractivity contribution in [1.82, 2.24) is 9.58 Å². The summed E-state index contributed by atoms with van der Waals surface area (Å²) in [6.07, 6.45) is 6.39. The molecule has 1 aromatic heterocycles. The van der Waals surface area contributed by atoms with Gasteiger partial charge in [0.2, 0.25) is 0 Å². The first-order valence-electron chi connectivity index (χ1n) is 13.7. The normalized spacial score (nSPS) is 18.5. The van der Waals surface area contributed by atoms with Gasteiger partial charge in [-0.2, -0.15) is 5.10 Å². The number of anilines is 1. The Morgan fingerprint density at radius 3 is 2.54 bits per heavy atom. The Bertz CT molecular complexity index is 1340. The van der Waals surface area contributed by atoms with Crippen LogP contribution in [0.5, 0.6) is 5.75 Å². The minimum absolute atomic E-state index is 0.0353. The van der Waals surface area contributed by atoms with Gasteiger partial charge in [-0.3, -0.25) is 10.3 Å². The van der Waals surface area contributed by atoms with Crippen LogP contribution in [0.4, 0.5) is 10.5 Å². The van der Waals surface area contributed by atoms with Crippen LogP contribution in [0.25, 0.3) is 22.2 Å². The smallest absolute Gasteiger partial charge is 0.411 e. The van der Waals surface area contributed by atoms with Crippen molar-refractivity contribution in [2.75, 3.05) is 25.5 Å². The number of fused-ring (bicyclic) bond motifs is 1. The standard InChI is InChI=1S/C30H36N4O3/c1-4-36-24-14-15-25-27(18-24)34(23-6-5-7-23)29(28(25)26-16-17-33(3)32-26)21-10-12-22(13-11-21)31-30(35)37-19(2)20-8-9-20/h10-15,18-20,23H,4-9,16-17H2,1-3H3,(H,31,35). The van der Waals surface area contributed by atoms with Gasteiger partial charge in [-0.15, -0.1) is 0 Å². The van der Waals surface area contributed by atoms with Crippen molar-refractivity contribution in [3.8, 4) is 17.0 Å². The maximum Gasteiger partial charge on any atom is 0.411 e. The summed E-state index contributed by atoms with van der Waals surface area (Å²) >= 11 is 0. The van der Waals surface area contributed by atoms with Crippen LogP contribution in [0.3, 0.4) is 0 Å². The molecule has 1 N–H and O–H groups in total. The van der Waals surface area contributed by atoms with Gasteiger partial charge in [-0.05, 0) is 81.7 Å². The molecule has 1 unspecified atom stereocenters. The van der Waals surface area contributed by atoms with E-state index in [1.54, 1.807) is 0 Å². The molecular formula is C30H36N4O3. The first-order valence-corrected chi connectivity index (χ1v) is 13.7. The summed E-state index contributed by atoms with van der Waals surface area (Å²) < 4.78 is 14.0. The van der Waals surface area contributed by atoms with Gasteiger partial charge in [0.25, 0.3) is 0 Å². The van der Waals surface area contributed by atoms with Crippen molar-refractivity contribution >= 4 is 28.4 Å². The lowest BCUT2D eigenvalue weighted by molar-refractivity contribution is 0.108. The van der Waals surface area contributed by atoms with Crippen molar-refractivity contribution in [2.45, 2.75) is 64.5 Å². The number of carbonyl (C=O) groups is 1. The molecule has 2 aliphatic carbocycles. The number of rotatable bonds is 8. The molecule has 6 rings (SSSR count). The number of hydrogen-bond donors (Lipinski definition) is 1. The predicted molar refractivity (Wildman–Crippen MR) is 148 cm³/mol. The van der Waals surface area contributed by atoms with Gasteiger partial charge in [0.05, 0.1) is 23.5 Å². The van der Waals surface area contributed by atoms with E-state index in [0.29, 0.717) is 18.6 Å². The molecular weight excluding hydrogens is 464 g/mol. The fourth-order valence-electron chi connectivity index (χ4n) is 5.59. The highest BCUT2D eigenvalue weighted by Gasteiger charge is 2.32. The van der Waals surface area contributed by atoms with Gasteiger partial charge in [-0.25, -0.2) is 4.79 Å². The van der Waals surface area contributed by atoms with Crippen LogP contribution in [0.2, 0.25) is 0 Å². The average Bonchev–Trinajstić information content (AvgIpc) is 3.55. The summed E-state index contributed by atoms with van der Waals surface area (Å²) in [7, 11) is 2.04. The summed E-state index contributed by atoms with van der Waals surface area (Å²) in [5.41, 5.74) is 6.62. The molecule has 2 saturated carbocycles. The molecule has 37 heavy (non-hydrogen) atoms. The molecule has 0 saturated heterocycles. The Morgan fingerprint density at radius 2 is 1.92 bits per heavy atom. The van der Waals surface area contributed by atoms with Crippen LogP contribution < -0.4 is 10.1 Å². The average molecular weight is 501 g/mol. The highest BCUT2D eigenvalue weighted by molar-refractivity contribution is 6.16. The SMILES string of the molecule is CCOc1ccc2c(C3=NN(C)CC3)c(-c3ccc(NC(=O)OC(C)C4CC4)cc3)n(C3CCC3)c2c1. The van der Waals surface area contributed by atoms with Gasteiger partial charge in [-0.1, -0.05) is 12.1 Å². The van der Waals surface area contributed by atoms with Crippen molar-refractivity contribution in [3.63, 3.8) is 0 Å². The number of hydrogen-bond acceptors (Lipinski definition) is 5. The molecule has 2 fully saturated rings. The molecule has 194 valence electrons. The third-order valence-electron chi connectivity index (χ3n) is 7.96. The van der Waals surface area contributed by atoms with E-state index in [-0.39, 0.29) is 12.2 Å². The molecule has 2 aromatic carbocycles. The molecule has 3 aromatic rings. The fourth-order valence-corrected chi connectivity index (χ4v) is 5.59. The van der Waals surface area contributed by atoms with E-state index >= 15 is 0 Å². The second-order valence-corrected chi connectivity index (χ2v) is 10.6. The highest BCUT2D eigenvalue weighted by Crippen LogP contribution is 2.44. The molecule has 7 nitrogen and oxygen atoms in total. The van der Waals surface area contributed by atoms with E-state index in [9.17, 15) is 4.79 Å². The van der Waals surface area contributed by atoms with Gasteiger partial charge in [0, 0.05) is 48.8 Å². The topological polar surface area (TPSA) is 68.1 Å². The number of carbonyl (C=O) groups excluding carboxylic acids is 1. The number of hydrazone groups is 1. The zero-order valence-electron chi connectivity index (χ0n) is 22.0. The van der Waals surface area contributed by atoms with Crippen LogP contribution in [0.1, 0.15) is 64.0 Å². The van der Waals surface area contributed by atoms with Crippen molar-refractivity contribution in [3.05, 3.63) is 48.0 Å². The van der Waals surface area contributed by atoms with Crippen molar-refractivity contribution in [1.29, 1.82) is 0 Å². The summed E-state index contributed by atoms with van der Waals surface area (Å²) in [6, 6.07) is 15.1. The van der Waals surface area contributed by atoms with Gasteiger partial charge in [0.15, 0.2) is 0 Å². The van der Waals surface area contributed by atoms with Crippen molar-refractivity contribution in [2.24, 2.45) is 11.0 Å². The van der Waals surface area contributed by atoms with Crippen LogP contribution in [0.15, 0.2) is 47.6 Å². The Labute approximate surface area is 218 Å². The summed E-state index contributed by atoms with van der Waals surface area (Å²) in [5.74, 6) is 1.41. The molecule has 2 heterocycles. The minimum atomic E-state index is -0.386. The van der Waals surface area contributed by atoms with E-state index in [1.165, 1.54) is 41.4 Å². The second kappa shape index (κ2) is 9.77. The Hall–Kier alpha value is -3.48. The second-order valence-electron chi connectivity index (χ2n) is 10.6. The number of benzene rings is 2. The maximum atomic E-state index is 12.4. The molecule has 3 aliphatic rings. The maximum absolute atomic E-state index is 12.4. The minimum Gasteiger partial charge on any atom is -0.494 e. The zero-order chi connectivity index (χ0) is 25.5. The van der Waals surface area contributed by atoms with Gasteiger partial charge < -0.3 is 14.0 Å². The molecule has 0 bridgehead atoms. The predicted octanol–water partition coefficient (Wildman–Crippen LogP) is 6.82. The zero-order valence-corrected chi connectivity index (χ0v) is 22.0. The van der Waals surface area contributed by atoms with E-state index in [4.69, 9.17) is 14.6 Å². The Morgan fingerprint density at radius 1 is 1.14 bits per heavy atom. The molecule has 7 heteroatoms. The Kier molecular flexibility index (Phi) is 6.31. The summed E-state index contributed by atoms with van der Waals surface area (Å²) in [6.45, 7) is 5.56. The number of nitrogens with zero attached hydrogens (tertiary/aromatic N) is 3. The number of amides is 1. The van der Waals surface area contributed by atoms with Crippen LogP contribution in [0, 0.1) is 5.92 Å².